The Labute approximate surface area is 262 Å². The molecule has 3 N–H and O–H groups in total. The van der Waals surface area contributed by atoms with Gasteiger partial charge in [-0.25, -0.2) is 14.0 Å². The van der Waals surface area contributed by atoms with E-state index >= 15 is 0 Å². The third-order valence-corrected chi connectivity index (χ3v) is 6.72. The average Bonchev–Trinajstić information content (AvgIpc) is 3.52. The molecule has 17 nitrogen and oxygen atoms in total. The summed E-state index contributed by atoms with van der Waals surface area (Å²) in [4.78, 5) is 52.1. The molecule has 4 rings (SSSR count). The molecule has 0 fully saturated rings. The van der Waals surface area contributed by atoms with E-state index in [0.29, 0.717) is 22.5 Å². The molecule has 0 saturated heterocycles. The van der Waals surface area contributed by atoms with Gasteiger partial charge in [0.25, 0.3) is 0 Å². The number of aryl methyl sites for hydroxylation is 1. The average molecular weight is 652 g/mol. The molecular weight excluding hydrogens is 626 g/mol. The van der Waals surface area contributed by atoms with Crippen molar-refractivity contribution in [1.29, 1.82) is 5.26 Å². The van der Waals surface area contributed by atoms with Gasteiger partial charge < -0.3 is 33.8 Å². The van der Waals surface area contributed by atoms with Crippen LogP contribution >= 0.6 is 0 Å². The van der Waals surface area contributed by atoms with Crippen molar-refractivity contribution in [2.45, 2.75) is 19.4 Å². The zero-order valence-electron chi connectivity index (χ0n) is 24.4. The van der Waals surface area contributed by atoms with E-state index < -0.39 is 57.3 Å². The van der Waals surface area contributed by atoms with Crippen LogP contribution in [-0.4, -0.2) is 81.5 Å². The number of carbonyl (C=O) groups excluding carboxylic acids is 1. The zero-order valence-corrected chi connectivity index (χ0v) is 25.2. The highest BCUT2D eigenvalue weighted by atomic mass is 32.2. The van der Waals surface area contributed by atoms with Gasteiger partial charge in [-0.1, -0.05) is 6.07 Å². The van der Waals surface area contributed by atoms with Crippen molar-refractivity contribution in [2.75, 3.05) is 19.8 Å². The maximum absolute atomic E-state index is 12.5. The van der Waals surface area contributed by atoms with Gasteiger partial charge in [0.05, 0.1) is 28.7 Å². The number of nitriles is 1. The summed E-state index contributed by atoms with van der Waals surface area (Å²) in [6, 6.07) is 10.4. The minimum Gasteiger partial charge on any atom is -0.478 e. The highest BCUT2D eigenvalue weighted by Crippen LogP contribution is 2.40. The van der Waals surface area contributed by atoms with Crippen LogP contribution in [0.5, 0.6) is 29.3 Å². The lowest BCUT2D eigenvalue weighted by Crippen LogP contribution is -2.33. The van der Waals surface area contributed by atoms with Gasteiger partial charge in [-0.3, -0.25) is 14.9 Å². The molecule has 0 spiro atoms. The molecule has 2 atom stereocenters. The number of carbonyl (C=O) groups is 2. The van der Waals surface area contributed by atoms with Crippen molar-refractivity contribution in [3.05, 3.63) is 75.6 Å². The number of rotatable bonds is 13. The number of carboxylic acid groups (broad SMARTS) is 1. The van der Waals surface area contributed by atoms with Crippen molar-refractivity contribution in [2.24, 2.45) is 0 Å². The van der Waals surface area contributed by atoms with Crippen LogP contribution < -0.4 is 14.2 Å². The van der Waals surface area contributed by atoms with Crippen molar-refractivity contribution in [1.82, 2.24) is 24.8 Å². The molecule has 46 heavy (non-hydrogen) atoms. The topological polar surface area (TPSA) is 244 Å². The number of ether oxygens (including phenoxy) is 3. The van der Waals surface area contributed by atoms with Gasteiger partial charge >= 0.3 is 29.4 Å². The van der Waals surface area contributed by atoms with E-state index in [1.165, 1.54) is 35.4 Å². The molecule has 4 aromatic rings. The molecule has 0 aliphatic carbocycles. The Morgan fingerprint density at radius 2 is 1.91 bits per heavy atom. The molecule has 18 heteroatoms. The maximum atomic E-state index is 12.5. The Kier molecular flexibility index (Phi) is 10.2. The van der Waals surface area contributed by atoms with Crippen LogP contribution in [-0.2, 0) is 27.1 Å². The third-order valence-electron chi connectivity index (χ3n) is 6.13. The van der Waals surface area contributed by atoms with Gasteiger partial charge in [0.1, 0.15) is 17.3 Å². The molecule has 1 amide bonds. The first-order chi connectivity index (χ1) is 21.8. The first kappa shape index (κ1) is 33.0. The second-order valence-electron chi connectivity index (χ2n) is 9.72. The number of nitrogens with one attached hydrogen (secondary N) is 1. The number of nitro groups is 1. The van der Waals surface area contributed by atoms with Crippen molar-refractivity contribution in [3.63, 3.8) is 0 Å². The van der Waals surface area contributed by atoms with Crippen LogP contribution in [0.25, 0.3) is 11.4 Å². The fourth-order valence-electron chi connectivity index (χ4n) is 3.88. The number of aromatic amines is 1. The molecule has 238 valence electrons. The van der Waals surface area contributed by atoms with Gasteiger partial charge in [0, 0.05) is 32.1 Å². The van der Waals surface area contributed by atoms with E-state index in [-0.39, 0.29) is 29.4 Å². The van der Waals surface area contributed by atoms with E-state index in [0.717, 1.165) is 0 Å². The molecule has 0 aliphatic rings. The number of amides is 1. The quantitative estimate of drug-likeness (QED) is 0.107. The monoisotopic (exact) mass is 651 g/mol. The van der Waals surface area contributed by atoms with Crippen LogP contribution in [0.2, 0.25) is 0 Å². The largest absolute Gasteiger partial charge is 0.478 e. The van der Waals surface area contributed by atoms with Crippen molar-refractivity contribution < 1.29 is 42.6 Å². The van der Waals surface area contributed by atoms with E-state index in [1.54, 1.807) is 39.3 Å². The zero-order chi connectivity index (χ0) is 33.5. The molecule has 0 radical (unpaired) electrons. The molecule has 0 bridgehead atoms. The summed E-state index contributed by atoms with van der Waals surface area (Å²) in [5.74, 6) is -4.18. The summed E-state index contributed by atoms with van der Waals surface area (Å²) in [6.07, 6.45) is 0.948. The first-order valence-corrected chi connectivity index (χ1v) is 14.4. The normalized spacial score (nSPS) is 12.0. The van der Waals surface area contributed by atoms with Crippen molar-refractivity contribution in [3.8, 4) is 46.7 Å². The number of nitrogens with zero attached hydrogens (tertiary/aromatic N) is 6. The number of hydrogen-bond acceptors (Lipinski definition) is 12. The van der Waals surface area contributed by atoms with E-state index in [4.69, 9.17) is 14.2 Å². The fourth-order valence-corrected chi connectivity index (χ4v) is 4.34. The summed E-state index contributed by atoms with van der Waals surface area (Å²) in [7, 11) is 3.16. The second-order valence-corrected chi connectivity index (χ2v) is 10.7. The molecule has 2 aromatic carbocycles. The molecular formula is C28H25N7O10S. The number of aliphatic carboxylic acids is 1. The number of H-pyrrole nitrogens is 1. The number of likely N-dealkylation sites (N-methyl/N-ethyl adjacent to an activating group) is 1. The van der Waals surface area contributed by atoms with E-state index in [9.17, 15) is 38.8 Å². The second kappa shape index (κ2) is 14.2. The van der Waals surface area contributed by atoms with E-state index in [1.807, 2.05) is 6.07 Å². The predicted octanol–water partition coefficient (Wildman–Crippen LogP) is 3.22. The Morgan fingerprint density at radius 3 is 2.52 bits per heavy atom. The number of benzene rings is 2. The number of imidazole rings is 1. The first-order valence-electron chi connectivity index (χ1n) is 13.1. The Morgan fingerprint density at radius 1 is 1.17 bits per heavy atom. The lowest BCUT2D eigenvalue weighted by Gasteiger charge is -2.16. The summed E-state index contributed by atoms with van der Waals surface area (Å²) in [6.45, 7) is 1.64. The number of hydrogen-bond donors (Lipinski definition) is 3. The van der Waals surface area contributed by atoms with Crippen LogP contribution in [0.3, 0.4) is 0 Å². The highest BCUT2D eigenvalue weighted by Gasteiger charge is 2.34. The molecule has 2 aromatic heterocycles. The van der Waals surface area contributed by atoms with E-state index in [2.05, 4.69) is 19.9 Å². The minimum absolute atomic E-state index is 0.0388. The third kappa shape index (κ3) is 8.16. The van der Waals surface area contributed by atoms with Gasteiger partial charge in [0.2, 0.25) is 12.0 Å². The summed E-state index contributed by atoms with van der Waals surface area (Å²) in [5.41, 5.74) is 0.605. The standard InChI is InChI=1S/C28H25N7O10S/c1-15-4-5-16(13-29)10-20(15)45-28-32-25(23(35(39)40)26(33-28)44-21(27(37)38)14-46(41)42)43-19-9-17(11-22(36)34(2)3)8-18(12-19)24-30-6-7-31-24/h4-10,12,21H,11,14H2,1-3H3,(H,30,31)(H,37,38)(H,41,42). The van der Waals surface area contributed by atoms with Crippen molar-refractivity contribution >= 4 is 28.6 Å². The maximum Gasteiger partial charge on any atom is 0.392 e. The van der Waals surface area contributed by atoms with Gasteiger partial charge in [-0.2, -0.15) is 15.2 Å². The summed E-state index contributed by atoms with van der Waals surface area (Å²) >= 11 is -2.67. The summed E-state index contributed by atoms with van der Waals surface area (Å²) in [5, 5.41) is 31.2. The van der Waals surface area contributed by atoms with Gasteiger partial charge in [0.15, 0.2) is 11.1 Å². The SMILES string of the molecule is Cc1ccc(C#N)cc1Oc1nc(Oc2cc(CC(=O)N(C)C)cc(-c3ncc[nH]3)c2)c([N+](=O)[O-])c(OC(CS(=O)O)C(=O)O)n1. The highest BCUT2D eigenvalue weighted by molar-refractivity contribution is 7.79. The lowest BCUT2D eigenvalue weighted by atomic mass is 10.1. The summed E-state index contributed by atoms with van der Waals surface area (Å²) < 4.78 is 37.6. The Hall–Kier alpha value is -5.93. The number of carboxylic acids is 1. The van der Waals surface area contributed by atoms with Crippen LogP contribution in [0.4, 0.5) is 5.69 Å². The molecule has 0 aliphatic heterocycles. The Balaban J connectivity index is 1.88. The molecule has 2 heterocycles. The fraction of sp³-hybridized carbons (Fsp3) is 0.214. The van der Waals surface area contributed by atoms with Crippen LogP contribution in [0, 0.1) is 28.4 Å². The smallest absolute Gasteiger partial charge is 0.392 e. The lowest BCUT2D eigenvalue weighted by molar-refractivity contribution is -0.387. The van der Waals surface area contributed by atoms with Gasteiger partial charge in [-0.15, -0.1) is 0 Å². The predicted molar refractivity (Wildman–Crippen MR) is 159 cm³/mol. The number of aromatic nitrogens is 4. The van der Waals surface area contributed by atoms with Crippen LogP contribution in [0.1, 0.15) is 16.7 Å². The van der Waals surface area contributed by atoms with Crippen LogP contribution in [0.15, 0.2) is 48.8 Å². The Bertz CT molecular complexity index is 1860. The molecule has 2 unspecified atom stereocenters. The molecule has 0 saturated carbocycles. The van der Waals surface area contributed by atoms with Gasteiger partial charge in [-0.05, 0) is 48.4 Å². The minimum atomic E-state index is -2.67.